The third-order valence-corrected chi connectivity index (χ3v) is 5.60. The molecule has 1 aliphatic heterocycles. The first-order chi connectivity index (χ1) is 12.7. The van der Waals surface area contributed by atoms with Crippen molar-refractivity contribution in [2.75, 3.05) is 18.4 Å². The minimum Gasteiger partial charge on any atom is -0.337 e. The highest BCUT2D eigenvalue weighted by Crippen LogP contribution is 2.31. The molecule has 1 saturated heterocycles. The van der Waals surface area contributed by atoms with Crippen LogP contribution in [0.3, 0.4) is 0 Å². The lowest BCUT2D eigenvalue weighted by molar-refractivity contribution is 0.195. The van der Waals surface area contributed by atoms with Crippen LogP contribution in [0.4, 0.5) is 10.9 Å². The maximum atomic E-state index is 4.66. The van der Waals surface area contributed by atoms with E-state index in [0.717, 1.165) is 49.1 Å². The summed E-state index contributed by atoms with van der Waals surface area (Å²) in [5.74, 6) is 1.20. The molecule has 3 aromatic rings. The Bertz CT molecular complexity index is 872. The summed E-state index contributed by atoms with van der Waals surface area (Å²) in [5, 5.41) is 4.23. The van der Waals surface area contributed by atoms with Gasteiger partial charge in [0, 0.05) is 55.7 Å². The Morgan fingerprint density at radius 1 is 1.23 bits per heavy atom. The average Bonchev–Trinajstić information content (AvgIpc) is 3.24. The largest absolute Gasteiger partial charge is 0.337 e. The van der Waals surface area contributed by atoms with Crippen LogP contribution in [-0.2, 0) is 13.6 Å². The predicted octanol–water partition coefficient (Wildman–Crippen LogP) is 3.10. The van der Waals surface area contributed by atoms with E-state index in [9.17, 15) is 0 Å². The van der Waals surface area contributed by atoms with Gasteiger partial charge in [-0.15, -0.1) is 11.3 Å². The zero-order chi connectivity index (χ0) is 17.9. The van der Waals surface area contributed by atoms with Gasteiger partial charge in [0.25, 0.3) is 0 Å². The molecule has 4 rings (SSSR count). The summed E-state index contributed by atoms with van der Waals surface area (Å²) in [5.41, 5.74) is 2.27. The lowest BCUT2D eigenvalue weighted by Crippen LogP contribution is -2.35. The van der Waals surface area contributed by atoms with Crippen molar-refractivity contribution in [1.82, 2.24) is 29.4 Å². The third kappa shape index (κ3) is 3.76. The molecule has 4 heterocycles. The number of aryl methyl sites for hydroxylation is 2. The second kappa shape index (κ2) is 7.51. The molecule has 1 aliphatic rings. The Morgan fingerprint density at radius 3 is 2.88 bits per heavy atom. The highest BCUT2D eigenvalue weighted by Gasteiger charge is 2.25. The van der Waals surface area contributed by atoms with Crippen molar-refractivity contribution < 1.29 is 0 Å². The normalized spacial score (nSPS) is 18.2. The van der Waals surface area contributed by atoms with Gasteiger partial charge in [-0.2, -0.15) is 0 Å². The van der Waals surface area contributed by atoms with Crippen LogP contribution in [0, 0.1) is 6.92 Å². The Balaban J connectivity index is 1.50. The van der Waals surface area contributed by atoms with E-state index in [4.69, 9.17) is 0 Å². The van der Waals surface area contributed by atoms with E-state index in [1.54, 1.807) is 23.7 Å². The van der Waals surface area contributed by atoms with Gasteiger partial charge in [0.2, 0.25) is 0 Å². The number of imidazole rings is 1. The van der Waals surface area contributed by atoms with E-state index >= 15 is 0 Å². The SMILES string of the molecule is Cc1cnc(Nc2nccnc2[C@@H]2CCCN(Cc3cncn3C)C2)s1. The second-order valence-corrected chi connectivity index (χ2v) is 8.00. The van der Waals surface area contributed by atoms with E-state index in [1.807, 2.05) is 25.8 Å². The third-order valence-electron chi connectivity index (χ3n) is 4.77. The Kier molecular flexibility index (Phi) is 4.94. The van der Waals surface area contributed by atoms with Gasteiger partial charge in [-0.3, -0.25) is 9.88 Å². The molecule has 8 heteroatoms. The molecule has 1 fully saturated rings. The van der Waals surface area contributed by atoms with E-state index in [1.165, 1.54) is 10.6 Å². The van der Waals surface area contributed by atoms with Crippen LogP contribution >= 0.6 is 11.3 Å². The summed E-state index contributed by atoms with van der Waals surface area (Å²) < 4.78 is 2.09. The minimum atomic E-state index is 0.370. The average molecular weight is 369 g/mol. The van der Waals surface area contributed by atoms with Crippen molar-refractivity contribution >= 4 is 22.3 Å². The van der Waals surface area contributed by atoms with Crippen molar-refractivity contribution in [2.45, 2.75) is 32.2 Å². The molecule has 0 aliphatic carbocycles. The summed E-state index contributed by atoms with van der Waals surface area (Å²) in [4.78, 5) is 21.5. The summed E-state index contributed by atoms with van der Waals surface area (Å²) >= 11 is 1.63. The zero-order valence-electron chi connectivity index (χ0n) is 15.1. The molecule has 3 aromatic heterocycles. The van der Waals surface area contributed by atoms with Crippen LogP contribution in [0.1, 0.15) is 35.0 Å². The van der Waals surface area contributed by atoms with Crippen LogP contribution < -0.4 is 5.32 Å². The summed E-state index contributed by atoms with van der Waals surface area (Å²) in [6.07, 6.45) is 11.5. The van der Waals surface area contributed by atoms with Crippen LogP contribution in [0.25, 0.3) is 0 Å². The molecule has 0 unspecified atom stereocenters. The first kappa shape index (κ1) is 17.1. The molecular weight excluding hydrogens is 346 g/mol. The number of nitrogens with one attached hydrogen (secondary N) is 1. The lowest BCUT2D eigenvalue weighted by Gasteiger charge is -2.32. The fourth-order valence-electron chi connectivity index (χ4n) is 3.45. The van der Waals surface area contributed by atoms with Gasteiger partial charge in [-0.1, -0.05) is 0 Å². The minimum absolute atomic E-state index is 0.370. The second-order valence-electron chi connectivity index (χ2n) is 6.76. The van der Waals surface area contributed by atoms with Crippen LogP contribution in [-0.4, -0.2) is 42.5 Å². The molecule has 7 nitrogen and oxygen atoms in total. The molecule has 0 spiro atoms. The van der Waals surface area contributed by atoms with Crippen LogP contribution in [0.2, 0.25) is 0 Å². The number of rotatable bonds is 5. The molecule has 1 atom stereocenters. The topological polar surface area (TPSA) is 71.8 Å². The van der Waals surface area contributed by atoms with Crippen molar-refractivity contribution in [3.63, 3.8) is 0 Å². The molecular formula is C18H23N7S. The van der Waals surface area contributed by atoms with E-state index in [2.05, 4.69) is 41.6 Å². The van der Waals surface area contributed by atoms with Crippen LogP contribution in [0.5, 0.6) is 0 Å². The van der Waals surface area contributed by atoms with Gasteiger partial charge in [0.05, 0.1) is 17.7 Å². The fraction of sp³-hybridized carbons (Fsp3) is 0.444. The standard InChI is InChI=1S/C18H23N7S/c1-13-8-22-18(26-13)23-17-16(20-5-6-21-17)14-4-3-7-25(10-14)11-15-9-19-12-24(15)2/h5-6,8-9,12,14H,3-4,7,10-11H2,1-2H3,(H,21,22,23)/t14-/m1/s1. The first-order valence-corrected chi connectivity index (χ1v) is 9.68. The number of hydrogen-bond acceptors (Lipinski definition) is 7. The van der Waals surface area contributed by atoms with Crippen LogP contribution in [0.15, 0.2) is 31.1 Å². The number of anilines is 2. The molecule has 1 N–H and O–H groups in total. The molecule has 0 amide bonds. The van der Waals surface area contributed by atoms with Gasteiger partial charge in [-0.05, 0) is 26.3 Å². The summed E-state index contributed by atoms with van der Waals surface area (Å²) in [6.45, 7) is 5.06. The smallest absolute Gasteiger partial charge is 0.188 e. The lowest BCUT2D eigenvalue weighted by atomic mass is 9.94. The molecule has 0 radical (unpaired) electrons. The maximum Gasteiger partial charge on any atom is 0.188 e. The number of piperidine rings is 1. The molecule has 0 bridgehead atoms. The monoisotopic (exact) mass is 369 g/mol. The Hall–Kier alpha value is -2.32. The van der Waals surface area contributed by atoms with Crippen molar-refractivity contribution in [1.29, 1.82) is 0 Å². The summed E-state index contributed by atoms with van der Waals surface area (Å²) in [6, 6.07) is 0. The van der Waals surface area contributed by atoms with E-state index < -0.39 is 0 Å². The molecule has 26 heavy (non-hydrogen) atoms. The van der Waals surface area contributed by atoms with E-state index in [-0.39, 0.29) is 0 Å². The van der Waals surface area contributed by atoms with Crippen molar-refractivity contribution in [2.24, 2.45) is 7.05 Å². The van der Waals surface area contributed by atoms with Gasteiger partial charge in [0.15, 0.2) is 10.9 Å². The van der Waals surface area contributed by atoms with Crippen molar-refractivity contribution in [3.8, 4) is 0 Å². The van der Waals surface area contributed by atoms with Gasteiger partial charge >= 0.3 is 0 Å². The molecule has 0 aromatic carbocycles. The number of nitrogens with zero attached hydrogens (tertiary/aromatic N) is 6. The summed E-state index contributed by atoms with van der Waals surface area (Å²) in [7, 11) is 2.05. The quantitative estimate of drug-likeness (QED) is 0.745. The number of hydrogen-bond donors (Lipinski definition) is 1. The fourth-order valence-corrected chi connectivity index (χ4v) is 4.11. The molecule has 0 saturated carbocycles. The highest BCUT2D eigenvalue weighted by atomic mass is 32.1. The predicted molar refractivity (Wildman–Crippen MR) is 103 cm³/mol. The van der Waals surface area contributed by atoms with Gasteiger partial charge < -0.3 is 9.88 Å². The highest BCUT2D eigenvalue weighted by molar-refractivity contribution is 7.15. The zero-order valence-corrected chi connectivity index (χ0v) is 15.9. The number of thiazole rings is 1. The van der Waals surface area contributed by atoms with E-state index in [0.29, 0.717) is 5.92 Å². The van der Waals surface area contributed by atoms with Gasteiger partial charge in [-0.25, -0.2) is 15.0 Å². The first-order valence-electron chi connectivity index (χ1n) is 8.87. The number of aromatic nitrogens is 5. The Labute approximate surface area is 157 Å². The maximum absolute atomic E-state index is 4.66. The molecule has 136 valence electrons. The Morgan fingerprint density at radius 2 is 2.12 bits per heavy atom. The van der Waals surface area contributed by atoms with Crippen molar-refractivity contribution in [3.05, 3.63) is 47.4 Å². The number of likely N-dealkylation sites (tertiary alicyclic amines) is 1. The van der Waals surface area contributed by atoms with Gasteiger partial charge in [0.1, 0.15) is 0 Å².